The Kier molecular flexibility index (Phi) is 4.65. The molecule has 0 fully saturated rings. The molecule has 35 heavy (non-hydrogen) atoms. The van der Waals surface area contributed by atoms with Crippen molar-refractivity contribution in [2.24, 2.45) is 0 Å². The molecule has 6 nitrogen and oxygen atoms in total. The largest absolute Gasteiger partial charge is 0.457 e. The lowest BCUT2D eigenvalue weighted by molar-refractivity contribution is -0.138. The normalized spacial score (nSPS) is 17.1. The monoisotopic (exact) mass is 464 g/mol. The fourth-order valence-corrected chi connectivity index (χ4v) is 5.37. The van der Waals surface area contributed by atoms with Crippen LogP contribution < -0.4 is 0 Å². The average Bonchev–Trinajstić information content (AvgIpc) is 3.51. The Morgan fingerprint density at radius 2 is 1.66 bits per heavy atom. The van der Waals surface area contributed by atoms with Crippen LogP contribution in [0.1, 0.15) is 70.4 Å². The molecular formula is C29H28N4O2. The highest BCUT2D eigenvalue weighted by atomic mass is 16.5. The number of esters is 1. The van der Waals surface area contributed by atoms with Crippen LogP contribution in [0.4, 0.5) is 0 Å². The number of allylic oxidation sites excluding steroid dienone is 1. The maximum Gasteiger partial charge on any atom is 0.341 e. The molecule has 3 aromatic rings. The summed E-state index contributed by atoms with van der Waals surface area (Å²) in [6, 6.07) is 6.32. The highest BCUT2D eigenvalue weighted by Gasteiger charge is 2.33. The van der Waals surface area contributed by atoms with Crippen molar-refractivity contribution in [3.8, 4) is 0 Å². The highest BCUT2D eigenvalue weighted by Crippen LogP contribution is 2.38. The molecule has 0 aromatic carbocycles. The van der Waals surface area contributed by atoms with E-state index in [4.69, 9.17) is 14.7 Å². The second-order valence-electron chi connectivity index (χ2n) is 9.82. The fraction of sp³-hybridized carbons (Fsp3) is 0.276. The second-order valence-corrected chi connectivity index (χ2v) is 9.82. The Labute approximate surface area is 203 Å². The van der Waals surface area contributed by atoms with E-state index in [-0.39, 0.29) is 18.5 Å². The number of nitrogens with one attached hydrogen (secondary N) is 2. The van der Waals surface area contributed by atoms with Gasteiger partial charge in [-0.05, 0) is 74.6 Å². The number of aromatic nitrogens is 4. The van der Waals surface area contributed by atoms with Gasteiger partial charge in [-0.25, -0.2) is 9.78 Å². The van der Waals surface area contributed by atoms with Crippen LogP contribution >= 0.6 is 0 Å². The van der Waals surface area contributed by atoms with Crippen LogP contribution in [0, 0.1) is 20.8 Å². The van der Waals surface area contributed by atoms with E-state index in [1.165, 1.54) is 5.56 Å². The number of fused-ring (bicyclic) bond motifs is 8. The Morgan fingerprint density at radius 1 is 0.971 bits per heavy atom. The molecule has 1 unspecified atom stereocenters. The van der Waals surface area contributed by atoms with Gasteiger partial charge in [0.15, 0.2) is 0 Å². The molecule has 176 valence electrons. The molecule has 6 heterocycles. The van der Waals surface area contributed by atoms with Crippen molar-refractivity contribution in [3.63, 3.8) is 0 Å². The van der Waals surface area contributed by atoms with E-state index in [9.17, 15) is 4.79 Å². The minimum absolute atomic E-state index is 0.201. The predicted molar refractivity (Wildman–Crippen MR) is 140 cm³/mol. The van der Waals surface area contributed by atoms with Gasteiger partial charge in [0.1, 0.15) is 6.61 Å². The lowest BCUT2D eigenvalue weighted by Gasteiger charge is -2.16. The zero-order valence-electron chi connectivity index (χ0n) is 20.7. The molecule has 6 heteroatoms. The van der Waals surface area contributed by atoms with Gasteiger partial charge in [0, 0.05) is 44.8 Å². The summed E-state index contributed by atoms with van der Waals surface area (Å²) in [5.74, 6) is -0.0672. The van der Waals surface area contributed by atoms with E-state index >= 15 is 0 Å². The SMILES string of the molecule is C=Cc1c(C)c2cc3nc(c4c5nc(cc6[nH]c(cc1[nH]2)c(C)c6C)C(C)=C5C(=O)OC4)CC3C. The van der Waals surface area contributed by atoms with E-state index < -0.39 is 0 Å². The summed E-state index contributed by atoms with van der Waals surface area (Å²) in [6.45, 7) is 14.7. The van der Waals surface area contributed by atoms with Gasteiger partial charge in [-0.3, -0.25) is 4.98 Å². The van der Waals surface area contributed by atoms with Gasteiger partial charge < -0.3 is 14.7 Å². The second kappa shape index (κ2) is 7.54. The molecule has 3 aromatic heterocycles. The molecule has 0 aliphatic carbocycles. The van der Waals surface area contributed by atoms with Crippen molar-refractivity contribution in [1.82, 2.24) is 19.9 Å². The number of hydrogen-bond donors (Lipinski definition) is 2. The first-order valence-corrected chi connectivity index (χ1v) is 12.0. The smallest absolute Gasteiger partial charge is 0.341 e. The lowest BCUT2D eigenvalue weighted by atomic mass is 9.97. The van der Waals surface area contributed by atoms with Crippen molar-refractivity contribution in [3.05, 3.63) is 75.4 Å². The van der Waals surface area contributed by atoms with Crippen LogP contribution in [-0.4, -0.2) is 25.9 Å². The number of aryl methyl sites for hydroxylation is 3. The van der Waals surface area contributed by atoms with Gasteiger partial charge in [0.2, 0.25) is 0 Å². The average molecular weight is 465 g/mol. The molecule has 1 atom stereocenters. The van der Waals surface area contributed by atoms with Gasteiger partial charge in [-0.2, -0.15) is 0 Å². The van der Waals surface area contributed by atoms with Gasteiger partial charge in [-0.15, -0.1) is 0 Å². The number of aromatic amines is 2. The third-order valence-electron chi connectivity index (χ3n) is 7.76. The van der Waals surface area contributed by atoms with Gasteiger partial charge in [0.05, 0.1) is 22.7 Å². The predicted octanol–water partition coefficient (Wildman–Crippen LogP) is 6.22. The van der Waals surface area contributed by atoms with Crippen molar-refractivity contribution in [2.75, 3.05) is 0 Å². The molecular weight excluding hydrogens is 436 g/mol. The first kappa shape index (κ1) is 21.6. The van der Waals surface area contributed by atoms with Crippen LogP contribution in [0.2, 0.25) is 0 Å². The molecule has 3 aliphatic rings. The molecule has 8 bridgehead atoms. The summed E-state index contributed by atoms with van der Waals surface area (Å²) in [5.41, 5.74) is 14.3. The molecule has 3 aliphatic heterocycles. The zero-order chi connectivity index (χ0) is 24.6. The number of carbonyl (C=O) groups is 1. The third kappa shape index (κ3) is 3.13. The minimum atomic E-state index is -0.312. The molecule has 2 N–H and O–H groups in total. The summed E-state index contributed by atoms with van der Waals surface area (Å²) in [7, 11) is 0. The maximum absolute atomic E-state index is 12.7. The van der Waals surface area contributed by atoms with E-state index in [1.807, 2.05) is 19.1 Å². The van der Waals surface area contributed by atoms with Crippen molar-refractivity contribution >= 4 is 45.3 Å². The van der Waals surface area contributed by atoms with E-state index in [0.29, 0.717) is 11.3 Å². The van der Waals surface area contributed by atoms with Crippen molar-refractivity contribution < 1.29 is 9.53 Å². The minimum Gasteiger partial charge on any atom is -0.457 e. The first-order chi connectivity index (χ1) is 16.8. The number of H-pyrrole nitrogens is 2. The highest BCUT2D eigenvalue weighted by molar-refractivity contribution is 6.26. The quantitative estimate of drug-likeness (QED) is 0.419. The molecule has 0 amide bonds. The fourth-order valence-electron chi connectivity index (χ4n) is 5.37. The standard InChI is InChI=1S/C29H28N4O2/c1-7-18-16(5)23-9-20-13(2)8-25(30-20)19-12-35-29(34)27-17(6)24(33-28(19)27)10-21-14(3)15(4)22(31-21)11-26(18)32-23/h7,9-11,13,31-32H,1,8,12H2,2-6H3. The van der Waals surface area contributed by atoms with Crippen molar-refractivity contribution in [2.45, 2.75) is 53.6 Å². The number of cyclic esters (lactones) is 1. The number of carbonyl (C=O) groups excluding carboxylic acids is 1. The summed E-state index contributed by atoms with van der Waals surface area (Å²) < 4.78 is 5.59. The first-order valence-electron chi connectivity index (χ1n) is 12.0. The topological polar surface area (TPSA) is 83.7 Å². The van der Waals surface area contributed by atoms with Crippen LogP contribution in [0.25, 0.3) is 39.3 Å². The van der Waals surface area contributed by atoms with E-state index in [0.717, 1.165) is 73.4 Å². The maximum atomic E-state index is 12.7. The number of hydrogen-bond acceptors (Lipinski definition) is 4. The zero-order valence-corrected chi connectivity index (χ0v) is 20.7. The van der Waals surface area contributed by atoms with Gasteiger partial charge in [0.25, 0.3) is 0 Å². The number of nitrogens with zero attached hydrogens (tertiary/aromatic N) is 2. The molecule has 0 saturated heterocycles. The van der Waals surface area contributed by atoms with Gasteiger partial charge >= 0.3 is 5.97 Å². The molecule has 0 spiro atoms. The number of rotatable bonds is 1. The summed E-state index contributed by atoms with van der Waals surface area (Å²) >= 11 is 0. The van der Waals surface area contributed by atoms with Crippen LogP contribution in [0.3, 0.4) is 0 Å². The Bertz CT molecular complexity index is 1670. The van der Waals surface area contributed by atoms with Crippen molar-refractivity contribution in [1.29, 1.82) is 0 Å². The summed E-state index contributed by atoms with van der Waals surface area (Å²) in [6.07, 6.45) is 2.69. The summed E-state index contributed by atoms with van der Waals surface area (Å²) in [4.78, 5) is 29.9. The molecule has 0 saturated carbocycles. The Hall–Kier alpha value is -3.93. The van der Waals surface area contributed by atoms with E-state index in [1.54, 1.807) is 0 Å². The molecule has 6 rings (SSSR count). The molecule has 0 radical (unpaired) electrons. The Morgan fingerprint density at radius 3 is 2.40 bits per heavy atom. The summed E-state index contributed by atoms with van der Waals surface area (Å²) in [5, 5.41) is 0. The van der Waals surface area contributed by atoms with Gasteiger partial charge in [-0.1, -0.05) is 19.6 Å². The Balaban J connectivity index is 1.82. The third-order valence-corrected chi connectivity index (χ3v) is 7.76. The number of ether oxygens (including phenoxy) is 1. The van der Waals surface area contributed by atoms with Crippen LogP contribution in [-0.2, 0) is 22.6 Å². The van der Waals surface area contributed by atoms with Crippen LogP contribution in [0.5, 0.6) is 0 Å². The van der Waals surface area contributed by atoms with E-state index in [2.05, 4.69) is 56.4 Å². The van der Waals surface area contributed by atoms with Crippen LogP contribution in [0.15, 0.2) is 24.8 Å². The lowest BCUT2D eigenvalue weighted by Crippen LogP contribution is -2.16.